The summed E-state index contributed by atoms with van der Waals surface area (Å²) in [5.74, 6) is 0. The first-order valence-electron chi connectivity index (χ1n) is 6.01. The van der Waals surface area contributed by atoms with Crippen LogP contribution in [0.5, 0.6) is 0 Å². The molecular weight excluding hydrogens is 276 g/mol. The van der Waals surface area contributed by atoms with Gasteiger partial charge in [-0.25, -0.2) is 4.42 Å². The molecule has 20 heavy (non-hydrogen) atoms. The van der Waals surface area contributed by atoms with Gasteiger partial charge in [0.05, 0.1) is 5.69 Å². The molecule has 0 spiro atoms. The van der Waals surface area contributed by atoms with Gasteiger partial charge >= 0.3 is 0 Å². The Bertz CT molecular complexity index is 582. The van der Waals surface area contributed by atoms with Gasteiger partial charge in [0.2, 0.25) is 12.8 Å². The summed E-state index contributed by atoms with van der Waals surface area (Å²) in [6.45, 7) is 0. The molecule has 0 saturated heterocycles. The maximum absolute atomic E-state index is 10.5. The van der Waals surface area contributed by atoms with E-state index >= 15 is 0 Å². The van der Waals surface area contributed by atoms with Crippen molar-refractivity contribution in [1.29, 1.82) is 0 Å². The van der Waals surface area contributed by atoms with Crippen molar-refractivity contribution < 1.29 is 9.59 Å². The van der Waals surface area contributed by atoms with Gasteiger partial charge in [0.15, 0.2) is 0 Å². The van der Waals surface area contributed by atoms with Gasteiger partial charge in [-0.3, -0.25) is 9.59 Å². The average Bonchev–Trinajstić information content (AvgIpc) is 2.49. The molecule has 2 aromatic rings. The first-order chi connectivity index (χ1) is 9.72. The Morgan fingerprint density at radius 1 is 0.950 bits per heavy atom. The van der Waals surface area contributed by atoms with Crippen LogP contribution in [0.1, 0.15) is 11.1 Å². The maximum Gasteiger partial charge on any atom is 0.228 e. The summed E-state index contributed by atoms with van der Waals surface area (Å²) < 4.78 is 1.00. The van der Waals surface area contributed by atoms with Crippen LogP contribution in [0.2, 0.25) is 0 Å². The molecule has 0 saturated carbocycles. The number of benzene rings is 2. The topological polar surface area (TPSA) is 49.4 Å². The summed E-state index contributed by atoms with van der Waals surface area (Å²) in [5, 5.41) is 2.59. The zero-order chi connectivity index (χ0) is 14.4. The number of carbonyl (C=O) groups is 2. The van der Waals surface area contributed by atoms with Gasteiger partial charge in [-0.1, -0.05) is 24.3 Å². The quantitative estimate of drug-likeness (QED) is 0.656. The number of nitrogens with zero attached hydrogens (tertiary/aromatic N) is 1. The number of amides is 2. The lowest BCUT2D eigenvalue weighted by Crippen LogP contribution is -2.05. The lowest BCUT2D eigenvalue weighted by molar-refractivity contribution is -0.106. The Morgan fingerprint density at radius 3 is 2.00 bits per heavy atom. The van der Waals surface area contributed by atoms with E-state index in [1.54, 1.807) is 12.1 Å². The van der Waals surface area contributed by atoms with Crippen LogP contribution in [0, 0.1) is 0 Å². The molecule has 0 heterocycles. The fourth-order valence-corrected chi connectivity index (χ4v) is 1.95. The molecule has 5 heteroatoms. The predicted octanol–water partition coefficient (Wildman–Crippen LogP) is 2.96. The molecule has 0 atom stereocenters. The van der Waals surface area contributed by atoms with Crippen molar-refractivity contribution in [3.05, 3.63) is 59.7 Å². The fraction of sp³-hybridized carbons (Fsp3) is 0.0667. The SMILES string of the molecule is O=CNc1ccc(Cc2ccc(N(Cl)C=O)cc2)cc1. The summed E-state index contributed by atoms with van der Waals surface area (Å²) in [7, 11) is 0. The highest BCUT2D eigenvalue weighted by molar-refractivity contribution is 6.32. The van der Waals surface area contributed by atoms with Crippen LogP contribution in [0.25, 0.3) is 0 Å². The minimum Gasteiger partial charge on any atom is -0.329 e. The van der Waals surface area contributed by atoms with Gasteiger partial charge in [-0.05, 0) is 41.8 Å². The Labute approximate surface area is 122 Å². The highest BCUT2D eigenvalue weighted by Crippen LogP contribution is 2.18. The van der Waals surface area contributed by atoms with Gasteiger partial charge in [0.25, 0.3) is 0 Å². The minimum absolute atomic E-state index is 0.551. The van der Waals surface area contributed by atoms with Gasteiger partial charge < -0.3 is 5.32 Å². The molecule has 2 aromatic carbocycles. The summed E-state index contributed by atoms with van der Waals surface area (Å²) in [4.78, 5) is 20.8. The molecule has 0 aliphatic heterocycles. The van der Waals surface area contributed by atoms with Crippen LogP contribution in [0.3, 0.4) is 0 Å². The summed E-state index contributed by atoms with van der Waals surface area (Å²) >= 11 is 5.68. The molecule has 4 nitrogen and oxygen atoms in total. The molecule has 1 N–H and O–H groups in total. The molecule has 0 bridgehead atoms. The van der Waals surface area contributed by atoms with E-state index in [9.17, 15) is 9.59 Å². The molecule has 0 radical (unpaired) electrons. The number of halogens is 1. The Morgan fingerprint density at radius 2 is 1.50 bits per heavy atom. The monoisotopic (exact) mass is 288 g/mol. The first kappa shape index (κ1) is 14.1. The van der Waals surface area contributed by atoms with Crippen LogP contribution in [0.15, 0.2) is 48.5 Å². The van der Waals surface area contributed by atoms with E-state index in [0.717, 1.165) is 27.7 Å². The third kappa shape index (κ3) is 3.59. The van der Waals surface area contributed by atoms with Gasteiger partial charge in [0.1, 0.15) is 0 Å². The lowest BCUT2D eigenvalue weighted by Gasteiger charge is -2.08. The van der Waals surface area contributed by atoms with E-state index in [1.807, 2.05) is 36.4 Å². The van der Waals surface area contributed by atoms with Crippen molar-refractivity contribution in [1.82, 2.24) is 0 Å². The standard InChI is InChI=1S/C15H13ClN2O2/c16-18(11-20)15-7-3-13(4-8-15)9-12-1-5-14(6-2-12)17-10-19/h1-8,10-11H,9H2,(H,17,19). The summed E-state index contributed by atoms with van der Waals surface area (Å²) in [6, 6.07) is 15.0. The largest absolute Gasteiger partial charge is 0.329 e. The van der Waals surface area contributed by atoms with E-state index in [2.05, 4.69) is 5.32 Å². The highest BCUT2D eigenvalue weighted by Gasteiger charge is 2.02. The molecule has 0 unspecified atom stereocenters. The van der Waals surface area contributed by atoms with Crippen LogP contribution in [-0.4, -0.2) is 12.8 Å². The van der Waals surface area contributed by atoms with E-state index in [0.29, 0.717) is 18.5 Å². The molecule has 0 fully saturated rings. The van der Waals surface area contributed by atoms with E-state index < -0.39 is 0 Å². The fourth-order valence-electron chi connectivity index (χ4n) is 1.84. The van der Waals surface area contributed by atoms with E-state index in [4.69, 9.17) is 11.8 Å². The average molecular weight is 289 g/mol. The molecule has 0 aliphatic rings. The normalized spacial score (nSPS) is 9.85. The number of carbonyl (C=O) groups excluding carboxylic acids is 2. The maximum atomic E-state index is 10.5. The second kappa shape index (κ2) is 6.73. The second-order valence-electron chi connectivity index (χ2n) is 4.22. The first-order valence-corrected chi connectivity index (χ1v) is 6.35. The van der Waals surface area contributed by atoms with E-state index in [-0.39, 0.29) is 0 Å². The van der Waals surface area contributed by atoms with Crippen LogP contribution < -0.4 is 9.74 Å². The number of anilines is 2. The van der Waals surface area contributed by atoms with Crippen LogP contribution in [-0.2, 0) is 16.0 Å². The lowest BCUT2D eigenvalue weighted by atomic mass is 10.0. The zero-order valence-corrected chi connectivity index (χ0v) is 11.4. The van der Waals surface area contributed by atoms with Gasteiger partial charge in [-0.15, -0.1) is 0 Å². The molecule has 0 aromatic heterocycles. The number of nitrogens with one attached hydrogen (secondary N) is 1. The summed E-state index contributed by atoms with van der Waals surface area (Å²) in [5.41, 5.74) is 3.65. The van der Waals surface area contributed by atoms with Crippen molar-refractivity contribution in [2.24, 2.45) is 0 Å². The van der Waals surface area contributed by atoms with Crippen molar-refractivity contribution >= 4 is 36.0 Å². The van der Waals surface area contributed by atoms with Gasteiger partial charge in [-0.2, -0.15) is 0 Å². The number of rotatable bonds is 6. The van der Waals surface area contributed by atoms with Gasteiger partial charge in [0, 0.05) is 17.5 Å². The Kier molecular flexibility index (Phi) is 4.74. The van der Waals surface area contributed by atoms with Crippen molar-refractivity contribution in [3.63, 3.8) is 0 Å². The molecule has 2 rings (SSSR count). The third-order valence-corrected chi connectivity index (χ3v) is 3.14. The van der Waals surface area contributed by atoms with Crippen molar-refractivity contribution in [2.75, 3.05) is 9.74 Å². The Balaban J connectivity index is 2.05. The highest BCUT2D eigenvalue weighted by atomic mass is 35.5. The number of hydrogen-bond donors (Lipinski definition) is 1. The Hall–Kier alpha value is -2.33. The predicted molar refractivity (Wildman–Crippen MR) is 79.8 cm³/mol. The zero-order valence-electron chi connectivity index (χ0n) is 10.6. The molecule has 0 aliphatic carbocycles. The second-order valence-corrected chi connectivity index (χ2v) is 4.58. The third-order valence-electron chi connectivity index (χ3n) is 2.86. The minimum atomic E-state index is 0.551. The van der Waals surface area contributed by atoms with E-state index in [1.165, 1.54) is 0 Å². The van der Waals surface area contributed by atoms with Crippen LogP contribution in [0.4, 0.5) is 11.4 Å². The smallest absolute Gasteiger partial charge is 0.228 e. The molecular formula is C15H13ClN2O2. The molecule has 102 valence electrons. The van der Waals surface area contributed by atoms with Crippen molar-refractivity contribution in [3.8, 4) is 0 Å². The van der Waals surface area contributed by atoms with Crippen LogP contribution >= 0.6 is 11.8 Å². The summed E-state index contributed by atoms with van der Waals surface area (Å²) in [6.07, 6.45) is 1.97. The molecule has 2 amide bonds. The number of hydrogen-bond acceptors (Lipinski definition) is 2. The van der Waals surface area contributed by atoms with Crippen molar-refractivity contribution in [2.45, 2.75) is 6.42 Å².